The Balaban J connectivity index is 1.76. The summed E-state index contributed by atoms with van der Waals surface area (Å²) < 4.78 is 2.06. The van der Waals surface area contributed by atoms with Crippen molar-refractivity contribution in [3.8, 4) is 0 Å². The van der Waals surface area contributed by atoms with Gasteiger partial charge in [-0.25, -0.2) is 0 Å². The molecule has 0 atom stereocenters. The molecular weight excluding hydrogens is 372 g/mol. The van der Waals surface area contributed by atoms with Crippen LogP contribution in [0.2, 0.25) is 0 Å². The van der Waals surface area contributed by atoms with Gasteiger partial charge in [-0.3, -0.25) is 0 Å². The summed E-state index contributed by atoms with van der Waals surface area (Å²) in [7, 11) is 0. The summed E-state index contributed by atoms with van der Waals surface area (Å²) in [4.78, 5) is 11.9. The van der Waals surface area contributed by atoms with Crippen LogP contribution in [0.5, 0.6) is 0 Å². The maximum absolute atomic E-state index is 11.9. The monoisotopic (exact) mass is 401 g/mol. The summed E-state index contributed by atoms with van der Waals surface area (Å²) in [5.74, 6) is -1.12. The van der Waals surface area contributed by atoms with Crippen LogP contribution in [0.1, 0.15) is 49.6 Å². The van der Waals surface area contributed by atoms with Crippen molar-refractivity contribution < 1.29 is 9.90 Å². The lowest BCUT2D eigenvalue weighted by atomic mass is 10.1. The normalized spacial score (nSPS) is 10.9. The molecule has 30 heavy (non-hydrogen) atoms. The average molecular weight is 402 g/mol. The summed E-state index contributed by atoms with van der Waals surface area (Å²) in [6.07, 6.45) is 2.71. The number of aromatic nitrogens is 1. The molecule has 1 heterocycles. The summed E-state index contributed by atoms with van der Waals surface area (Å²) in [5.41, 5.74) is 7.56. The van der Waals surface area contributed by atoms with Crippen LogP contribution < -0.4 is 10.4 Å². The van der Waals surface area contributed by atoms with E-state index in [-0.39, 0.29) is 0 Å². The zero-order valence-corrected chi connectivity index (χ0v) is 18.0. The first kappa shape index (κ1) is 21.6. The fourth-order valence-electron chi connectivity index (χ4n) is 3.94. The first-order chi connectivity index (χ1) is 14.4. The molecule has 0 amide bonds. The highest BCUT2D eigenvalue weighted by atomic mass is 16.4. The molecule has 4 nitrogen and oxygen atoms in total. The van der Waals surface area contributed by atoms with Crippen LogP contribution >= 0.6 is 0 Å². The fourth-order valence-corrected chi connectivity index (χ4v) is 3.94. The second-order valence-corrected chi connectivity index (χ2v) is 7.70. The van der Waals surface area contributed by atoms with Crippen molar-refractivity contribution in [2.24, 2.45) is 0 Å². The molecule has 3 rings (SSSR count). The number of aryl methyl sites for hydroxylation is 1. The van der Waals surface area contributed by atoms with Gasteiger partial charge >= 0.3 is 0 Å². The van der Waals surface area contributed by atoms with Crippen LogP contribution in [0.25, 0.3) is 6.08 Å². The number of nitrogens with zero attached hydrogens (tertiary/aromatic N) is 1. The Labute approximate surface area is 178 Å². The molecule has 1 N–H and O–H groups in total. The Morgan fingerprint density at radius 2 is 1.77 bits per heavy atom. The molecule has 0 aliphatic heterocycles. The van der Waals surface area contributed by atoms with Crippen molar-refractivity contribution in [1.29, 1.82) is 0 Å². The molecule has 0 bridgehead atoms. The van der Waals surface area contributed by atoms with Crippen LogP contribution in [-0.2, 0) is 19.5 Å². The molecule has 0 fully saturated rings. The molecule has 4 heteroatoms. The highest BCUT2D eigenvalue weighted by Gasteiger charge is 2.18. The Hall–Kier alpha value is -3.11. The first-order valence-electron chi connectivity index (χ1n) is 10.3. The van der Waals surface area contributed by atoms with Gasteiger partial charge in [0.2, 0.25) is 0 Å². The maximum atomic E-state index is 11.9. The molecule has 0 spiro atoms. The Morgan fingerprint density at radius 1 is 1.07 bits per heavy atom. The summed E-state index contributed by atoms with van der Waals surface area (Å²) >= 11 is 0. The topological polar surface area (TPSA) is 57.1 Å². The second-order valence-electron chi connectivity index (χ2n) is 7.70. The number of carbonyl (C=O) groups is 1. The van der Waals surface area contributed by atoms with Gasteiger partial charge in [-0.2, -0.15) is 0 Å². The Bertz CT molecular complexity index is 1050. The van der Waals surface area contributed by atoms with Gasteiger partial charge < -0.3 is 19.8 Å². The summed E-state index contributed by atoms with van der Waals surface area (Å²) in [6.45, 7) is 11.6. The van der Waals surface area contributed by atoms with Crippen molar-refractivity contribution >= 4 is 12.0 Å². The minimum atomic E-state index is -1.12. The Kier molecular flexibility index (Phi) is 6.91. The number of aromatic carboxylic acids is 1. The highest BCUT2D eigenvalue weighted by molar-refractivity contribution is 5.89. The van der Waals surface area contributed by atoms with E-state index in [4.69, 9.17) is 0 Å². The van der Waals surface area contributed by atoms with Crippen molar-refractivity contribution in [2.75, 3.05) is 6.54 Å². The molecule has 156 valence electrons. The average Bonchev–Trinajstić information content (AvgIpc) is 2.97. The van der Waals surface area contributed by atoms with Gasteiger partial charge in [-0.05, 0) is 61.6 Å². The van der Waals surface area contributed by atoms with Gasteiger partial charge in [0.25, 0.3) is 0 Å². The molecule has 0 saturated carbocycles. The molecule has 0 aliphatic carbocycles. The van der Waals surface area contributed by atoms with Crippen LogP contribution in [0.4, 0.5) is 0 Å². The molecule has 0 unspecified atom stereocenters. The van der Waals surface area contributed by atoms with E-state index >= 15 is 0 Å². The van der Waals surface area contributed by atoms with Crippen LogP contribution in [-0.4, -0.2) is 17.1 Å². The zero-order chi connectivity index (χ0) is 21.7. The predicted octanol–water partition coefficient (Wildman–Crippen LogP) is 3.80. The predicted molar refractivity (Wildman–Crippen MR) is 120 cm³/mol. The minimum absolute atomic E-state index is 0.304. The third kappa shape index (κ3) is 4.71. The molecule has 1 aromatic heterocycles. The molecule has 0 radical (unpaired) electrons. The number of hydrogen-bond donors (Lipinski definition) is 1. The number of benzene rings is 2. The van der Waals surface area contributed by atoms with Gasteiger partial charge in [0.15, 0.2) is 0 Å². The van der Waals surface area contributed by atoms with Crippen LogP contribution in [0, 0.1) is 20.8 Å². The van der Waals surface area contributed by atoms with E-state index in [0.29, 0.717) is 18.7 Å². The lowest BCUT2D eigenvalue weighted by Gasteiger charge is -2.11. The number of nitrogens with one attached hydrogen (secondary N) is 1. The third-order valence-electron chi connectivity index (χ3n) is 5.80. The highest BCUT2D eigenvalue weighted by Crippen LogP contribution is 2.23. The smallest absolute Gasteiger partial charge is 0.0736 e. The van der Waals surface area contributed by atoms with Crippen molar-refractivity contribution in [2.45, 2.75) is 40.3 Å². The van der Waals surface area contributed by atoms with E-state index in [9.17, 15) is 9.90 Å². The molecule has 0 saturated heterocycles. The molecule has 2 aromatic carbocycles. The summed E-state index contributed by atoms with van der Waals surface area (Å²) in [5, 5.41) is 15.3. The van der Waals surface area contributed by atoms with Crippen LogP contribution in [0.15, 0.2) is 55.1 Å². The largest absolute Gasteiger partial charge is 0.545 e. The SMILES string of the molecule is C=Cc1ccc(Cn2c(C)c(CNCCc3ccccc3C)c(C(=O)[O-])c2C)cc1. The molecule has 0 aliphatic rings. The lowest BCUT2D eigenvalue weighted by Crippen LogP contribution is -2.26. The second kappa shape index (κ2) is 9.59. The molecular formula is C26H29N2O2-. The van der Waals surface area contributed by atoms with Crippen molar-refractivity contribution in [1.82, 2.24) is 9.88 Å². The van der Waals surface area contributed by atoms with E-state index in [1.165, 1.54) is 11.1 Å². The van der Waals surface area contributed by atoms with E-state index in [0.717, 1.165) is 41.0 Å². The lowest BCUT2D eigenvalue weighted by molar-refractivity contribution is -0.255. The fraction of sp³-hybridized carbons (Fsp3) is 0.269. The maximum Gasteiger partial charge on any atom is 0.0736 e. The Morgan fingerprint density at radius 3 is 2.40 bits per heavy atom. The van der Waals surface area contributed by atoms with E-state index in [2.05, 4.69) is 47.7 Å². The van der Waals surface area contributed by atoms with E-state index in [1.807, 2.05) is 44.2 Å². The minimum Gasteiger partial charge on any atom is -0.545 e. The standard InChI is InChI=1S/C26H30N2O2/c1-5-21-10-12-22(13-11-21)17-28-19(3)24(25(20(28)4)26(29)30)16-27-15-14-23-9-7-6-8-18(23)2/h5-13,27H,1,14-17H2,2-4H3,(H,29,30)/p-1. The number of hydrogen-bond acceptors (Lipinski definition) is 3. The first-order valence-corrected chi connectivity index (χ1v) is 10.3. The quantitative estimate of drug-likeness (QED) is 0.555. The number of rotatable bonds is 9. The number of carbonyl (C=O) groups excluding carboxylic acids is 1. The van der Waals surface area contributed by atoms with Gasteiger partial charge in [0.1, 0.15) is 0 Å². The van der Waals surface area contributed by atoms with Gasteiger partial charge in [-0.15, -0.1) is 0 Å². The zero-order valence-electron chi connectivity index (χ0n) is 18.0. The van der Waals surface area contributed by atoms with Gasteiger partial charge in [-0.1, -0.05) is 61.2 Å². The number of carboxylic acids is 1. The van der Waals surface area contributed by atoms with Crippen LogP contribution in [0.3, 0.4) is 0 Å². The van der Waals surface area contributed by atoms with Crippen molar-refractivity contribution in [3.63, 3.8) is 0 Å². The van der Waals surface area contributed by atoms with E-state index in [1.54, 1.807) is 0 Å². The molecule has 3 aromatic rings. The van der Waals surface area contributed by atoms with Gasteiger partial charge in [0, 0.05) is 30.0 Å². The van der Waals surface area contributed by atoms with E-state index < -0.39 is 5.97 Å². The van der Waals surface area contributed by atoms with Crippen molar-refractivity contribution in [3.05, 3.63) is 99.9 Å². The van der Waals surface area contributed by atoms with Gasteiger partial charge in [0.05, 0.1) is 5.97 Å². The third-order valence-corrected chi connectivity index (χ3v) is 5.80. The number of carboxylic acid groups (broad SMARTS) is 1. The summed E-state index contributed by atoms with van der Waals surface area (Å²) in [6, 6.07) is 16.5.